The predicted octanol–water partition coefficient (Wildman–Crippen LogP) is 5.96. The van der Waals surface area contributed by atoms with Crippen LogP contribution in [0.1, 0.15) is 58.4 Å². The zero-order valence-electron chi connectivity index (χ0n) is 21.9. The summed E-state index contributed by atoms with van der Waals surface area (Å²) < 4.78 is 0. The van der Waals surface area contributed by atoms with Crippen molar-refractivity contribution in [1.82, 2.24) is 15.5 Å². The Morgan fingerprint density at radius 2 is 1.82 bits per heavy atom. The zero-order valence-corrected chi connectivity index (χ0v) is 21.9. The maximum absolute atomic E-state index is 4.88. The van der Waals surface area contributed by atoms with Gasteiger partial charge in [-0.25, -0.2) is 4.99 Å². The molecule has 181 valence electrons. The Kier molecular flexibility index (Phi) is 9.01. The largest absolute Gasteiger partial charge is 0.357 e. The van der Waals surface area contributed by atoms with Gasteiger partial charge in [-0.3, -0.25) is 0 Å². The molecular weight excluding hydrogens is 415 g/mol. The topological polar surface area (TPSA) is 39.7 Å². The number of allylic oxidation sites excluding steroid dienone is 4. The van der Waals surface area contributed by atoms with E-state index in [1.54, 1.807) is 0 Å². The fourth-order valence-corrected chi connectivity index (χ4v) is 5.74. The van der Waals surface area contributed by atoms with Gasteiger partial charge in [0, 0.05) is 24.8 Å². The molecule has 4 nitrogen and oxygen atoms in total. The first-order valence-electron chi connectivity index (χ1n) is 12.7. The standard InChI is InChI=1S/C29H42BN4/c1-8-26(25-13-10-9-11-14-25)21(2)28(22(3)30-6)33-23(4)32-24(5)34-19-17-29(18-20-34)16-12-15-27(29)31-7/h8-11,13-14,27,31H,1,5,12,15-20H2,2-4,6-7H3,(H,32,33)/b26-21+,28-22-. The fraction of sp³-hybridized carbons (Fsp3) is 0.483. The second-order valence-corrected chi connectivity index (χ2v) is 9.78. The molecule has 1 aromatic rings. The normalized spacial score (nSPS) is 21.6. The second-order valence-electron chi connectivity index (χ2n) is 9.78. The quantitative estimate of drug-likeness (QED) is 0.219. The molecule has 1 saturated heterocycles. The van der Waals surface area contributed by atoms with E-state index in [-0.39, 0.29) is 0 Å². The van der Waals surface area contributed by atoms with Crippen molar-refractivity contribution in [2.45, 2.75) is 65.7 Å². The van der Waals surface area contributed by atoms with Crippen molar-refractivity contribution in [2.24, 2.45) is 10.4 Å². The Labute approximate surface area is 208 Å². The highest BCUT2D eigenvalue weighted by molar-refractivity contribution is 6.43. The number of nitrogens with zero attached hydrogens (tertiary/aromatic N) is 2. The lowest BCUT2D eigenvalue weighted by Crippen LogP contribution is -2.47. The Morgan fingerprint density at radius 1 is 1.15 bits per heavy atom. The van der Waals surface area contributed by atoms with Gasteiger partial charge in [0.25, 0.3) is 0 Å². The molecular formula is C29H42BN4. The molecule has 0 bridgehead atoms. The van der Waals surface area contributed by atoms with E-state index in [9.17, 15) is 0 Å². The van der Waals surface area contributed by atoms with Crippen molar-refractivity contribution >= 4 is 18.7 Å². The lowest BCUT2D eigenvalue weighted by molar-refractivity contribution is 0.105. The number of amidine groups is 1. The fourth-order valence-electron chi connectivity index (χ4n) is 5.74. The number of benzene rings is 1. The third kappa shape index (κ3) is 5.75. The Morgan fingerprint density at radius 3 is 2.41 bits per heavy atom. The predicted molar refractivity (Wildman–Crippen MR) is 149 cm³/mol. The van der Waals surface area contributed by atoms with E-state index in [4.69, 9.17) is 4.99 Å². The minimum atomic E-state index is 0.465. The number of likely N-dealkylation sites (tertiary alicyclic amines) is 1. The summed E-state index contributed by atoms with van der Waals surface area (Å²) in [5, 5.41) is 7.16. The van der Waals surface area contributed by atoms with Crippen molar-refractivity contribution in [1.29, 1.82) is 0 Å². The first-order valence-corrected chi connectivity index (χ1v) is 12.7. The highest BCUT2D eigenvalue weighted by Crippen LogP contribution is 2.46. The van der Waals surface area contributed by atoms with E-state index < -0.39 is 0 Å². The van der Waals surface area contributed by atoms with Crippen LogP contribution in [0.5, 0.6) is 0 Å². The minimum Gasteiger partial charge on any atom is -0.357 e. The molecule has 1 saturated carbocycles. The van der Waals surface area contributed by atoms with Crippen LogP contribution in [0, 0.1) is 5.41 Å². The molecule has 34 heavy (non-hydrogen) atoms. The third-order valence-corrected chi connectivity index (χ3v) is 7.88. The molecule has 1 heterocycles. The molecule has 1 aromatic carbocycles. The Hall–Kier alpha value is -2.53. The summed E-state index contributed by atoms with van der Waals surface area (Å²) in [7, 11) is 4.25. The molecule has 0 aromatic heterocycles. The summed E-state index contributed by atoms with van der Waals surface area (Å²) in [6, 6.07) is 11.1. The molecule has 2 N–H and O–H groups in total. The maximum atomic E-state index is 4.88. The van der Waals surface area contributed by atoms with Crippen LogP contribution < -0.4 is 10.6 Å². The van der Waals surface area contributed by atoms with Gasteiger partial charge in [0.15, 0.2) is 0 Å². The van der Waals surface area contributed by atoms with Gasteiger partial charge in [0.2, 0.25) is 0 Å². The monoisotopic (exact) mass is 457 g/mol. The molecule has 2 aliphatic rings. The van der Waals surface area contributed by atoms with E-state index in [2.05, 4.69) is 88.0 Å². The molecule has 0 amide bonds. The molecule has 1 aliphatic carbocycles. The molecule has 1 unspecified atom stereocenters. The van der Waals surface area contributed by atoms with Crippen LogP contribution in [0.2, 0.25) is 6.82 Å². The number of nitrogens with one attached hydrogen (secondary N) is 2. The van der Waals surface area contributed by atoms with Gasteiger partial charge in [-0.05, 0) is 68.7 Å². The SMILES string of the molecule is C=C/C(=C(C)\C(NC(C)=NC(=C)N1CCC2(CCCC2NC)CC1)=C(/C)[B]C)c1ccccc1. The number of hydrogen-bond acceptors (Lipinski definition) is 3. The Balaban J connectivity index is 1.74. The van der Waals surface area contributed by atoms with Crippen molar-refractivity contribution in [3.63, 3.8) is 0 Å². The van der Waals surface area contributed by atoms with Gasteiger partial charge in [-0.15, -0.1) is 0 Å². The average Bonchev–Trinajstić information content (AvgIpc) is 3.25. The highest BCUT2D eigenvalue weighted by Gasteiger charge is 2.44. The van der Waals surface area contributed by atoms with Crippen molar-refractivity contribution < 1.29 is 0 Å². The molecule has 1 radical (unpaired) electrons. The summed E-state index contributed by atoms with van der Waals surface area (Å²) >= 11 is 0. The van der Waals surface area contributed by atoms with Gasteiger partial charge in [0.05, 0.1) is 0 Å². The van der Waals surface area contributed by atoms with Gasteiger partial charge in [-0.2, -0.15) is 0 Å². The molecule has 5 heteroatoms. The van der Waals surface area contributed by atoms with E-state index in [0.29, 0.717) is 11.5 Å². The summed E-state index contributed by atoms with van der Waals surface area (Å²) in [5.41, 5.74) is 6.13. The lowest BCUT2D eigenvalue weighted by atomic mass is 9.71. The number of hydrogen-bond donors (Lipinski definition) is 2. The molecule has 3 rings (SSSR count). The minimum absolute atomic E-state index is 0.465. The molecule has 1 atom stereocenters. The molecule has 1 aliphatic heterocycles. The van der Waals surface area contributed by atoms with E-state index in [1.165, 1.54) is 37.6 Å². The second kappa shape index (κ2) is 11.7. The van der Waals surface area contributed by atoms with Gasteiger partial charge < -0.3 is 15.5 Å². The highest BCUT2D eigenvalue weighted by atomic mass is 15.2. The number of piperidine rings is 1. The number of rotatable bonds is 8. The van der Waals surface area contributed by atoms with Crippen molar-refractivity contribution in [3.8, 4) is 0 Å². The summed E-state index contributed by atoms with van der Waals surface area (Å²) in [6.07, 6.45) is 8.38. The average molecular weight is 457 g/mol. The number of aliphatic imine (C=N–C) groups is 1. The van der Waals surface area contributed by atoms with Crippen LogP contribution >= 0.6 is 0 Å². The van der Waals surface area contributed by atoms with Crippen molar-refractivity contribution in [3.05, 3.63) is 77.7 Å². The summed E-state index contributed by atoms with van der Waals surface area (Å²) in [5.74, 6) is 1.70. The maximum Gasteiger partial charge on any atom is 0.145 e. The van der Waals surface area contributed by atoms with Crippen LogP contribution in [0.15, 0.2) is 77.1 Å². The van der Waals surface area contributed by atoms with Crippen LogP contribution in [0.25, 0.3) is 5.57 Å². The summed E-state index contributed by atoms with van der Waals surface area (Å²) in [4.78, 5) is 7.23. The van der Waals surface area contributed by atoms with Crippen LogP contribution in [-0.4, -0.2) is 44.2 Å². The van der Waals surface area contributed by atoms with Crippen molar-refractivity contribution in [2.75, 3.05) is 20.1 Å². The smallest absolute Gasteiger partial charge is 0.145 e. The lowest BCUT2D eigenvalue weighted by Gasteiger charge is -2.43. The zero-order chi connectivity index (χ0) is 24.7. The third-order valence-electron chi connectivity index (χ3n) is 7.88. The first-order chi connectivity index (χ1) is 16.3. The van der Waals surface area contributed by atoms with Crippen LogP contribution in [-0.2, 0) is 0 Å². The first kappa shape index (κ1) is 26.1. The van der Waals surface area contributed by atoms with Crippen LogP contribution in [0.4, 0.5) is 0 Å². The Bertz CT molecular complexity index is 965. The van der Waals surface area contributed by atoms with Crippen LogP contribution in [0.3, 0.4) is 0 Å². The van der Waals surface area contributed by atoms with Gasteiger partial charge in [0.1, 0.15) is 18.9 Å². The van der Waals surface area contributed by atoms with E-state index in [1.807, 2.05) is 19.1 Å². The molecule has 1 spiro atoms. The van der Waals surface area contributed by atoms with E-state index in [0.717, 1.165) is 47.2 Å². The summed E-state index contributed by atoms with van der Waals surface area (Å²) in [6.45, 7) is 18.8. The van der Waals surface area contributed by atoms with Gasteiger partial charge >= 0.3 is 0 Å². The molecule has 2 fully saturated rings. The van der Waals surface area contributed by atoms with E-state index >= 15 is 0 Å². The van der Waals surface area contributed by atoms with Gasteiger partial charge in [-0.1, -0.05) is 75.2 Å².